The highest BCUT2D eigenvalue weighted by Gasteiger charge is 2.10. The van der Waals surface area contributed by atoms with Gasteiger partial charge in [-0.05, 0) is 0 Å². The van der Waals surface area contributed by atoms with Gasteiger partial charge < -0.3 is 4.74 Å². The number of nitro groups is 1. The van der Waals surface area contributed by atoms with Crippen LogP contribution in [0.5, 0.6) is 0 Å². The number of alkyl halides is 1. The second-order valence-electron chi connectivity index (χ2n) is 3.94. The van der Waals surface area contributed by atoms with Crippen molar-refractivity contribution < 1.29 is 9.66 Å². The highest BCUT2D eigenvalue weighted by Crippen LogP contribution is 2.20. The summed E-state index contributed by atoms with van der Waals surface area (Å²) in [4.78, 5) is 14.4. The van der Waals surface area contributed by atoms with Gasteiger partial charge in [-0.25, -0.2) is 4.98 Å². The Bertz CT molecular complexity index is 588. The van der Waals surface area contributed by atoms with Crippen LogP contribution in [0.4, 0.5) is 5.69 Å². The molecule has 0 bridgehead atoms. The van der Waals surface area contributed by atoms with Gasteiger partial charge in [0.1, 0.15) is 6.33 Å². The highest BCUT2D eigenvalue weighted by molar-refractivity contribution is 6.17. The number of benzene rings is 1. The van der Waals surface area contributed by atoms with Crippen molar-refractivity contribution in [3.8, 4) is 11.4 Å². The molecule has 2 rings (SSSR count). The zero-order chi connectivity index (χ0) is 14.4. The first-order chi connectivity index (χ1) is 9.70. The van der Waals surface area contributed by atoms with Gasteiger partial charge in [-0.2, -0.15) is 5.10 Å². The molecule has 2 aromatic rings. The van der Waals surface area contributed by atoms with Crippen LogP contribution in [0.1, 0.15) is 0 Å². The Morgan fingerprint density at radius 3 is 3.00 bits per heavy atom. The van der Waals surface area contributed by atoms with Crippen molar-refractivity contribution in [2.24, 2.45) is 0 Å². The van der Waals surface area contributed by atoms with Crippen LogP contribution in [0.2, 0.25) is 0 Å². The lowest BCUT2D eigenvalue weighted by Crippen LogP contribution is -2.07. The minimum Gasteiger partial charge on any atom is -0.378 e. The Labute approximate surface area is 120 Å². The number of rotatable bonds is 7. The molecule has 8 heteroatoms. The van der Waals surface area contributed by atoms with E-state index in [1.54, 1.807) is 23.1 Å². The molecule has 0 saturated carbocycles. The largest absolute Gasteiger partial charge is 0.378 e. The summed E-state index contributed by atoms with van der Waals surface area (Å²) >= 11 is 5.49. The molecule has 106 valence electrons. The highest BCUT2D eigenvalue weighted by atomic mass is 35.5. The Morgan fingerprint density at radius 1 is 1.40 bits per heavy atom. The number of aromatic nitrogens is 3. The lowest BCUT2D eigenvalue weighted by molar-refractivity contribution is -0.384. The summed E-state index contributed by atoms with van der Waals surface area (Å²) in [6.45, 7) is 1.54. The Balaban J connectivity index is 2.04. The molecule has 0 atom stereocenters. The van der Waals surface area contributed by atoms with Crippen LogP contribution >= 0.6 is 11.6 Å². The maximum atomic E-state index is 10.7. The van der Waals surface area contributed by atoms with E-state index >= 15 is 0 Å². The third-order valence-corrected chi connectivity index (χ3v) is 2.69. The van der Waals surface area contributed by atoms with Gasteiger partial charge in [-0.1, -0.05) is 12.1 Å². The van der Waals surface area contributed by atoms with E-state index in [2.05, 4.69) is 10.1 Å². The van der Waals surface area contributed by atoms with E-state index in [4.69, 9.17) is 16.3 Å². The number of hydrogen-bond acceptors (Lipinski definition) is 5. The minimum atomic E-state index is -0.444. The first-order valence-electron chi connectivity index (χ1n) is 5.98. The first-order valence-corrected chi connectivity index (χ1v) is 6.52. The molecule has 0 fully saturated rings. The van der Waals surface area contributed by atoms with E-state index in [1.165, 1.54) is 12.1 Å². The van der Waals surface area contributed by atoms with E-state index in [1.807, 2.05) is 0 Å². The number of hydrogen-bond donors (Lipinski definition) is 0. The lowest BCUT2D eigenvalue weighted by Gasteiger charge is -2.01. The van der Waals surface area contributed by atoms with Crippen molar-refractivity contribution in [1.82, 2.24) is 14.8 Å². The molecule has 1 aromatic heterocycles. The SMILES string of the molecule is O=[N+]([O-])c1cccc(-c2ncn(CCOCCCl)n2)c1. The van der Waals surface area contributed by atoms with Gasteiger partial charge >= 0.3 is 0 Å². The van der Waals surface area contributed by atoms with Gasteiger partial charge in [-0.15, -0.1) is 11.6 Å². The van der Waals surface area contributed by atoms with Crippen molar-refractivity contribution in [3.05, 3.63) is 40.7 Å². The van der Waals surface area contributed by atoms with Crippen molar-refractivity contribution in [3.63, 3.8) is 0 Å². The number of nitrogens with zero attached hydrogens (tertiary/aromatic N) is 4. The normalized spacial score (nSPS) is 10.7. The van der Waals surface area contributed by atoms with Gasteiger partial charge in [-0.3, -0.25) is 14.8 Å². The molecule has 0 amide bonds. The van der Waals surface area contributed by atoms with E-state index in [-0.39, 0.29) is 5.69 Å². The number of nitro benzene ring substituents is 1. The molecule has 0 spiro atoms. The van der Waals surface area contributed by atoms with Crippen LogP contribution in [-0.4, -0.2) is 38.8 Å². The zero-order valence-corrected chi connectivity index (χ0v) is 11.4. The summed E-state index contributed by atoms with van der Waals surface area (Å²) in [6, 6.07) is 6.22. The molecule has 0 saturated heterocycles. The summed E-state index contributed by atoms with van der Waals surface area (Å²) in [5, 5.41) is 15.0. The summed E-state index contributed by atoms with van der Waals surface area (Å²) in [6.07, 6.45) is 1.57. The van der Waals surface area contributed by atoms with Crippen LogP contribution in [0.15, 0.2) is 30.6 Å². The fraction of sp³-hybridized carbons (Fsp3) is 0.333. The average Bonchev–Trinajstić information content (AvgIpc) is 2.92. The third kappa shape index (κ3) is 3.75. The second-order valence-corrected chi connectivity index (χ2v) is 4.32. The monoisotopic (exact) mass is 296 g/mol. The van der Waals surface area contributed by atoms with Crippen LogP contribution < -0.4 is 0 Å². The molecule has 0 aliphatic rings. The maximum absolute atomic E-state index is 10.7. The Hall–Kier alpha value is -1.99. The van der Waals surface area contributed by atoms with E-state index in [0.29, 0.717) is 37.0 Å². The molecule has 7 nitrogen and oxygen atoms in total. The van der Waals surface area contributed by atoms with Gasteiger partial charge in [0.15, 0.2) is 5.82 Å². The zero-order valence-electron chi connectivity index (χ0n) is 10.6. The van der Waals surface area contributed by atoms with Crippen molar-refractivity contribution in [2.75, 3.05) is 19.1 Å². The lowest BCUT2D eigenvalue weighted by atomic mass is 10.2. The fourth-order valence-electron chi connectivity index (χ4n) is 1.61. The first kappa shape index (κ1) is 14.4. The summed E-state index contributed by atoms with van der Waals surface area (Å²) in [5.41, 5.74) is 0.629. The van der Waals surface area contributed by atoms with Crippen LogP contribution in [0, 0.1) is 10.1 Å². The Kier molecular flexibility index (Phi) is 5.03. The number of non-ortho nitro benzene ring substituents is 1. The van der Waals surface area contributed by atoms with Gasteiger partial charge in [0.2, 0.25) is 0 Å². The molecule has 20 heavy (non-hydrogen) atoms. The smallest absolute Gasteiger partial charge is 0.270 e. The fourth-order valence-corrected chi connectivity index (χ4v) is 1.72. The quantitative estimate of drug-likeness (QED) is 0.338. The molecule has 0 N–H and O–H groups in total. The molecular weight excluding hydrogens is 284 g/mol. The average molecular weight is 297 g/mol. The Morgan fingerprint density at radius 2 is 2.25 bits per heavy atom. The van der Waals surface area contributed by atoms with Crippen molar-refractivity contribution in [1.29, 1.82) is 0 Å². The molecule has 0 unspecified atom stereocenters. The van der Waals surface area contributed by atoms with E-state index in [9.17, 15) is 10.1 Å². The molecule has 0 aliphatic carbocycles. The van der Waals surface area contributed by atoms with Crippen molar-refractivity contribution >= 4 is 17.3 Å². The number of ether oxygens (including phenoxy) is 1. The van der Waals surface area contributed by atoms with Crippen LogP contribution in [0.3, 0.4) is 0 Å². The molecule has 1 aromatic carbocycles. The van der Waals surface area contributed by atoms with Crippen LogP contribution in [0.25, 0.3) is 11.4 Å². The maximum Gasteiger partial charge on any atom is 0.270 e. The topological polar surface area (TPSA) is 83.1 Å². The van der Waals surface area contributed by atoms with Gasteiger partial charge in [0.05, 0.1) is 24.7 Å². The van der Waals surface area contributed by atoms with Crippen LogP contribution in [-0.2, 0) is 11.3 Å². The van der Waals surface area contributed by atoms with E-state index < -0.39 is 4.92 Å². The predicted molar refractivity (Wildman–Crippen MR) is 73.7 cm³/mol. The molecule has 1 heterocycles. The summed E-state index contributed by atoms with van der Waals surface area (Å²) in [5.74, 6) is 0.905. The standard InChI is InChI=1S/C12H13ClN4O3/c13-4-6-20-7-5-16-9-14-12(15-16)10-2-1-3-11(8-10)17(18)19/h1-3,8-9H,4-7H2. The number of halogens is 1. The third-order valence-electron chi connectivity index (χ3n) is 2.54. The van der Waals surface area contributed by atoms with Gasteiger partial charge in [0, 0.05) is 23.6 Å². The minimum absolute atomic E-state index is 0.0179. The molecule has 0 aliphatic heterocycles. The molecular formula is C12H13ClN4O3. The summed E-state index contributed by atoms with van der Waals surface area (Å²) < 4.78 is 6.87. The second kappa shape index (κ2) is 6.97. The predicted octanol–water partition coefficient (Wildman–Crippen LogP) is 2.11. The summed E-state index contributed by atoms with van der Waals surface area (Å²) in [7, 11) is 0. The van der Waals surface area contributed by atoms with Gasteiger partial charge in [0.25, 0.3) is 5.69 Å². The van der Waals surface area contributed by atoms with Crippen molar-refractivity contribution in [2.45, 2.75) is 6.54 Å². The van der Waals surface area contributed by atoms with E-state index in [0.717, 1.165) is 0 Å². The molecule has 0 radical (unpaired) electrons.